The maximum absolute atomic E-state index is 2.67. The molecule has 0 saturated heterocycles. The van der Waals surface area contributed by atoms with Gasteiger partial charge in [-0.05, 0) is 139 Å². The summed E-state index contributed by atoms with van der Waals surface area (Å²) in [7, 11) is 2.17. The van der Waals surface area contributed by atoms with Crippen molar-refractivity contribution >= 4 is 73.7 Å². The Bertz CT molecular complexity index is 3320. The summed E-state index contributed by atoms with van der Waals surface area (Å²) in [6, 6.07) is 43.3. The van der Waals surface area contributed by atoms with E-state index < -0.39 is 0 Å². The summed E-state index contributed by atoms with van der Waals surface area (Å²) in [5.41, 5.74) is 23.6. The van der Waals surface area contributed by atoms with Crippen molar-refractivity contribution in [3.05, 3.63) is 143 Å². The molecule has 8 aromatic rings. The number of nitrogens with zero attached hydrogens (tertiary/aromatic N) is 3. The van der Waals surface area contributed by atoms with Crippen LogP contribution >= 0.6 is 11.8 Å². The summed E-state index contributed by atoms with van der Waals surface area (Å²) in [6.45, 7) is 30.5. The SMILES string of the molecule is Cc1ccccc1-c1cc(-c2cc3c4c(c2)-n2c5ccc(C(C)(C)C)cc5c5cc(C(C)(C)C)cc(c52)B4c2cc(C(C)(C)C)cc4c2N3c2ccc(C(C)(C)C)cc2S4)cc[n+]1C. The topological polar surface area (TPSA) is 12.1 Å². The molecule has 0 amide bonds. The Morgan fingerprint density at radius 2 is 1.14 bits per heavy atom. The minimum atomic E-state index is -0.0427. The Morgan fingerprint density at radius 1 is 0.531 bits per heavy atom. The van der Waals surface area contributed by atoms with Gasteiger partial charge in [0.15, 0.2) is 6.20 Å². The van der Waals surface area contributed by atoms with Gasteiger partial charge in [0.1, 0.15) is 7.05 Å². The van der Waals surface area contributed by atoms with Gasteiger partial charge in [0, 0.05) is 55.2 Å². The van der Waals surface area contributed by atoms with Gasteiger partial charge in [-0.1, -0.05) is 137 Å². The summed E-state index contributed by atoms with van der Waals surface area (Å²) >= 11 is 1.97. The molecule has 0 N–H and O–H groups in total. The van der Waals surface area contributed by atoms with Gasteiger partial charge < -0.3 is 9.47 Å². The second-order valence-electron chi connectivity index (χ2n) is 23.1. The molecule has 0 unspecified atom stereocenters. The summed E-state index contributed by atoms with van der Waals surface area (Å²) in [5.74, 6) is 0. The number of pyridine rings is 1. The van der Waals surface area contributed by atoms with Crippen LogP contribution in [0.3, 0.4) is 0 Å². The first kappa shape index (κ1) is 41.2. The maximum atomic E-state index is 2.67. The van der Waals surface area contributed by atoms with Crippen LogP contribution in [0.1, 0.15) is 111 Å². The zero-order chi connectivity index (χ0) is 45.2. The molecule has 0 aliphatic carbocycles. The molecule has 6 aromatic carbocycles. The van der Waals surface area contributed by atoms with Crippen LogP contribution in [0.15, 0.2) is 125 Å². The van der Waals surface area contributed by atoms with Crippen LogP contribution in [0.2, 0.25) is 0 Å². The smallest absolute Gasteiger partial charge is 0.252 e. The molecule has 5 heteroatoms. The van der Waals surface area contributed by atoms with Gasteiger partial charge in [-0.3, -0.25) is 0 Å². The molecule has 0 atom stereocenters. The number of rotatable bonds is 2. The molecular weight excluding hydrogens is 794 g/mol. The Kier molecular flexibility index (Phi) is 8.70. The number of fused-ring (bicyclic) bond motifs is 9. The quantitative estimate of drug-likeness (QED) is 0.127. The standard InChI is InChI=1S/C59H61BN3S/c1-34-17-15-16-18-41(34)48-25-35(23-24-61(48)14)36-26-49-53-50(27-36)63-47-22-20-38(57(5,6)7)32-51(47)64-52-33-40(59(11,12)13)31-45(55(52)63)60(53)44-30-39(58(8,9)10)29-43-42-28-37(56(2,3)4)19-21-46(42)62(49)54(43)44/h15-33H,1-14H3/q+1. The van der Waals surface area contributed by atoms with Gasteiger partial charge in [-0.15, -0.1) is 0 Å². The predicted molar refractivity (Wildman–Crippen MR) is 276 cm³/mol. The Hall–Kier alpha value is -5.52. The van der Waals surface area contributed by atoms with E-state index in [0.29, 0.717) is 0 Å². The summed E-state index contributed by atoms with van der Waals surface area (Å²) in [6.07, 6.45) is 2.24. The van der Waals surface area contributed by atoms with Crippen LogP contribution in [0.5, 0.6) is 0 Å². The third-order valence-corrected chi connectivity index (χ3v) is 15.6. The van der Waals surface area contributed by atoms with Crippen molar-refractivity contribution < 1.29 is 4.57 Å². The van der Waals surface area contributed by atoms with Crippen molar-refractivity contribution in [3.8, 4) is 28.1 Å². The second-order valence-corrected chi connectivity index (χ2v) is 24.2. The summed E-state index contributed by atoms with van der Waals surface area (Å²) in [4.78, 5) is 5.33. The molecule has 0 bridgehead atoms. The van der Waals surface area contributed by atoms with E-state index in [0.717, 1.165) is 0 Å². The van der Waals surface area contributed by atoms with Crippen LogP contribution in [0.25, 0.3) is 49.9 Å². The van der Waals surface area contributed by atoms with E-state index >= 15 is 0 Å². The molecule has 0 radical (unpaired) electrons. The first-order valence-corrected chi connectivity index (χ1v) is 24.1. The van der Waals surface area contributed by atoms with Gasteiger partial charge in [-0.2, -0.15) is 0 Å². The lowest BCUT2D eigenvalue weighted by Crippen LogP contribution is -2.61. The van der Waals surface area contributed by atoms with Crippen molar-refractivity contribution in [2.24, 2.45) is 7.05 Å². The molecule has 0 saturated carbocycles. The number of aromatic nitrogens is 2. The van der Waals surface area contributed by atoms with E-state index in [9.17, 15) is 0 Å². The zero-order valence-electron chi connectivity index (χ0n) is 40.3. The average Bonchev–Trinajstić information content (AvgIpc) is 3.56. The number of hydrogen-bond donors (Lipinski definition) is 0. The minimum absolute atomic E-state index is 0.0155. The largest absolute Gasteiger partial charge is 0.310 e. The Balaban J connectivity index is 1.31. The van der Waals surface area contributed by atoms with Crippen molar-refractivity contribution in [1.82, 2.24) is 4.57 Å². The first-order valence-electron chi connectivity index (χ1n) is 23.3. The van der Waals surface area contributed by atoms with Crippen LogP contribution in [0, 0.1) is 6.92 Å². The van der Waals surface area contributed by atoms with E-state index in [2.05, 4.69) is 226 Å². The molecule has 320 valence electrons. The van der Waals surface area contributed by atoms with Gasteiger partial charge in [0.25, 0.3) is 6.71 Å². The van der Waals surface area contributed by atoms with E-state index in [-0.39, 0.29) is 28.4 Å². The summed E-state index contributed by atoms with van der Waals surface area (Å²) in [5, 5.41) is 2.69. The maximum Gasteiger partial charge on any atom is 0.252 e. The lowest BCUT2D eigenvalue weighted by atomic mass is 9.33. The van der Waals surface area contributed by atoms with Crippen molar-refractivity contribution in [1.29, 1.82) is 0 Å². The molecule has 5 heterocycles. The van der Waals surface area contributed by atoms with Gasteiger partial charge in [-0.25, -0.2) is 4.57 Å². The second kappa shape index (κ2) is 13.5. The Labute approximate surface area is 385 Å². The molecule has 64 heavy (non-hydrogen) atoms. The minimum Gasteiger partial charge on any atom is -0.310 e. The lowest BCUT2D eigenvalue weighted by molar-refractivity contribution is -0.660. The van der Waals surface area contributed by atoms with Crippen molar-refractivity contribution in [2.75, 3.05) is 4.90 Å². The molecular formula is C59H61BN3S+. The normalized spacial score (nSPS) is 14.3. The van der Waals surface area contributed by atoms with Crippen LogP contribution in [-0.2, 0) is 28.7 Å². The molecule has 2 aromatic heterocycles. The number of benzene rings is 6. The number of anilines is 3. The fraction of sp³-hybridized carbons (Fsp3) is 0.305. The monoisotopic (exact) mass is 854 g/mol. The van der Waals surface area contributed by atoms with Gasteiger partial charge in [0.2, 0.25) is 5.69 Å². The average molecular weight is 855 g/mol. The lowest BCUT2D eigenvalue weighted by Gasteiger charge is -2.45. The van der Waals surface area contributed by atoms with Crippen molar-refractivity contribution in [3.63, 3.8) is 0 Å². The summed E-state index contributed by atoms with van der Waals surface area (Å²) < 4.78 is 4.92. The highest BCUT2D eigenvalue weighted by molar-refractivity contribution is 7.99. The molecule has 3 aliphatic heterocycles. The van der Waals surface area contributed by atoms with Gasteiger partial charge in [0.05, 0.1) is 16.9 Å². The number of aryl methyl sites for hydroxylation is 2. The van der Waals surface area contributed by atoms with Crippen LogP contribution in [-0.4, -0.2) is 11.3 Å². The fourth-order valence-electron chi connectivity index (χ4n) is 10.7. The van der Waals surface area contributed by atoms with Crippen LogP contribution in [0.4, 0.5) is 17.1 Å². The molecule has 3 nitrogen and oxygen atoms in total. The third kappa shape index (κ3) is 6.13. The van der Waals surface area contributed by atoms with Gasteiger partial charge >= 0.3 is 0 Å². The fourth-order valence-corrected chi connectivity index (χ4v) is 11.9. The van der Waals surface area contributed by atoms with E-state index in [1.54, 1.807) is 0 Å². The number of hydrogen-bond acceptors (Lipinski definition) is 2. The third-order valence-electron chi connectivity index (χ3n) is 14.5. The molecule has 3 aliphatic rings. The molecule has 0 fully saturated rings. The highest BCUT2D eigenvalue weighted by atomic mass is 32.2. The van der Waals surface area contributed by atoms with Crippen LogP contribution < -0.4 is 25.9 Å². The zero-order valence-corrected chi connectivity index (χ0v) is 41.1. The molecule has 11 rings (SSSR count). The first-order chi connectivity index (χ1) is 30.1. The predicted octanol–water partition coefficient (Wildman–Crippen LogP) is 13.5. The highest BCUT2D eigenvalue weighted by Gasteiger charge is 2.46. The highest BCUT2D eigenvalue weighted by Crippen LogP contribution is 2.55. The van der Waals surface area contributed by atoms with E-state index in [1.165, 1.54) is 121 Å². The van der Waals surface area contributed by atoms with E-state index in [1.807, 2.05) is 11.8 Å². The Morgan fingerprint density at radius 3 is 1.84 bits per heavy atom. The van der Waals surface area contributed by atoms with E-state index in [4.69, 9.17) is 0 Å². The molecule has 0 spiro atoms. The van der Waals surface area contributed by atoms with Crippen molar-refractivity contribution in [2.45, 2.75) is 121 Å².